The number of pyridine rings is 1. The van der Waals surface area contributed by atoms with E-state index >= 15 is 0 Å². The van der Waals surface area contributed by atoms with Crippen molar-refractivity contribution in [3.8, 4) is 0 Å². The first-order chi connectivity index (χ1) is 9.28. The average molecular weight is 264 g/mol. The number of nitrogens with one attached hydrogen (secondary N) is 2. The lowest BCUT2D eigenvalue weighted by Gasteiger charge is -2.29. The summed E-state index contributed by atoms with van der Waals surface area (Å²) in [6.07, 6.45) is 3.72. The molecule has 1 atom stereocenters. The zero-order valence-corrected chi connectivity index (χ0v) is 11.9. The van der Waals surface area contributed by atoms with Gasteiger partial charge in [-0.15, -0.1) is 0 Å². The summed E-state index contributed by atoms with van der Waals surface area (Å²) in [6.45, 7) is 10.00. The molecule has 1 fully saturated rings. The predicted molar refractivity (Wildman–Crippen MR) is 78.7 cm³/mol. The van der Waals surface area contributed by atoms with Gasteiger partial charge in [-0.3, -0.25) is 9.88 Å². The number of aromatic nitrogens is 1. The molecule has 1 aliphatic heterocycles. The topological polar surface area (TPSA) is 49.4 Å². The zero-order chi connectivity index (χ0) is 13.5. The van der Waals surface area contributed by atoms with E-state index in [0.717, 1.165) is 50.8 Å². The number of hydrogen-bond donors (Lipinski definition) is 2. The van der Waals surface area contributed by atoms with Crippen LogP contribution in [0.1, 0.15) is 13.8 Å². The monoisotopic (exact) mass is 264 g/mol. The van der Waals surface area contributed by atoms with Gasteiger partial charge in [-0.2, -0.15) is 0 Å². The zero-order valence-electron chi connectivity index (χ0n) is 11.9. The lowest BCUT2D eigenvalue weighted by atomic mass is 10.2. The van der Waals surface area contributed by atoms with E-state index in [1.807, 2.05) is 12.4 Å². The second-order valence-electron chi connectivity index (χ2n) is 4.95. The van der Waals surface area contributed by atoms with Gasteiger partial charge in [-0.25, -0.2) is 0 Å². The fourth-order valence-electron chi connectivity index (χ4n) is 2.32. The number of anilines is 2. The molecule has 0 spiro atoms. The lowest BCUT2D eigenvalue weighted by molar-refractivity contribution is 0.0368. The Kier molecular flexibility index (Phi) is 5.42. The largest absolute Gasteiger partial charge is 0.384 e. The van der Waals surface area contributed by atoms with E-state index in [1.54, 1.807) is 0 Å². The molecule has 2 heterocycles. The normalized spacial score (nSPS) is 18.0. The first kappa shape index (κ1) is 14.1. The highest BCUT2D eigenvalue weighted by molar-refractivity contribution is 5.54. The highest BCUT2D eigenvalue weighted by Gasteiger charge is 2.13. The van der Waals surface area contributed by atoms with Gasteiger partial charge in [-0.05, 0) is 19.9 Å². The highest BCUT2D eigenvalue weighted by atomic mass is 16.5. The van der Waals surface area contributed by atoms with Crippen LogP contribution in [0, 0.1) is 0 Å². The Morgan fingerprint density at radius 1 is 1.32 bits per heavy atom. The number of rotatable bonds is 6. The average Bonchev–Trinajstić information content (AvgIpc) is 2.40. The summed E-state index contributed by atoms with van der Waals surface area (Å²) in [5, 5.41) is 6.78. The predicted octanol–water partition coefficient (Wildman–Crippen LogP) is 1.65. The molecule has 0 saturated carbocycles. The molecule has 19 heavy (non-hydrogen) atoms. The number of nitrogens with zero attached hydrogens (tertiary/aromatic N) is 2. The maximum Gasteiger partial charge on any atom is 0.0594 e. The quantitative estimate of drug-likeness (QED) is 0.818. The van der Waals surface area contributed by atoms with E-state index in [9.17, 15) is 0 Å². The maximum atomic E-state index is 5.36. The van der Waals surface area contributed by atoms with Gasteiger partial charge in [0.25, 0.3) is 0 Å². The number of morpholine rings is 1. The van der Waals surface area contributed by atoms with Crippen LogP contribution in [0.25, 0.3) is 0 Å². The van der Waals surface area contributed by atoms with Crippen molar-refractivity contribution in [1.82, 2.24) is 9.88 Å². The molecule has 0 bridgehead atoms. The molecule has 1 aromatic heterocycles. The SMILES string of the molecule is CCNc1cncc(NC(C)CN2CCOCC2)c1. The molecule has 0 aromatic carbocycles. The van der Waals surface area contributed by atoms with Gasteiger partial charge in [-0.1, -0.05) is 0 Å². The molecule has 1 aliphatic rings. The van der Waals surface area contributed by atoms with E-state index in [1.165, 1.54) is 0 Å². The Morgan fingerprint density at radius 3 is 2.79 bits per heavy atom. The van der Waals surface area contributed by atoms with E-state index in [-0.39, 0.29) is 0 Å². The summed E-state index contributed by atoms with van der Waals surface area (Å²) < 4.78 is 5.36. The van der Waals surface area contributed by atoms with Gasteiger partial charge in [0.05, 0.1) is 37.0 Å². The molecule has 0 amide bonds. The van der Waals surface area contributed by atoms with Crippen molar-refractivity contribution in [3.05, 3.63) is 18.5 Å². The van der Waals surface area contributed by atoms with Crippen LogP contribution < -0.4 is 10.6 Å². The summed E-state index contributed by atoms with van der Waals surface area (Å²) in [6, 6.07) is 2.50. The summed E-state index contributed by atoms with van der Waals surface area (Å²) in [7, 11) is 0. The first-order valence-corrected chi connectivity index (χ1v) is 7.03. The Hall–Kier alpha value is -1.33. The highest BCUT2D eigenvalue weighted by Crippen LogP contribution is 2.14. The second-order valence-corrected chi connectivity index (χ2v) is 4.95. The van der Waals surface area contributed by atoms with Crippen molar-refractivity contribution >= 4 is 11.4 Å². The summed E-state index contributed by atoms with van der Waals surface area (Å²) >= 11 is 0. The van der Waals surface area contributed by atoms with Crippen LogP contribution >= 0.6 is 0 Å². The smallest absolute Gasteiger partial charge is 0.0594 e. The molecular formula is C14H24N4O. The van der Waals surface area contributed by atoms with Crippen LogP contribution in [0.3, 0.4) is 0 Å². The standard InChI is InChI=1S/C14H24N4O/c1-3-16-13-8-14(10-15-9-13)17-12(2)11-18-4-6-19-7-5-18/h8-10,12,16-17H,3-7,11H2,1-2H3. The van der Waals surface area contributed by atoms with E-state index in [2.05, 4.69) is 40.4 Å². The fraction of sp³-hybridized carbons (Fsp3) is 0.643. The Bertz CT molecular complexity index is 379. The van der Waals surface area contributed by atoms with Crippen LogP contribution in [0.2, 0.25) is 0 Å². The van der Waals surface area contributed by atoms with Crippen molar-refractivity contribution in [3.63, 3.8) is 0 Å². The fourth-order valence-corrected chi connectivity index (χ4v) is 2.32. The molecule has 2 N–H and O–H groups in total. The summed E-state index contributed by atoms with van der Waals surface area (Å²) in [5.74, 6) is 0. The van der Waals surface area contributed by atoms with Crippen LogP contribution in [0.5, 0.6) is 0 Å². The Morgan fingerprint density at radius 2 is 2.05 bits per heavy atom. The van der Waals surface area contributed by atoms with Gasteiger partial charge in [0.15, 0.2) is 0 Å². The van der Waals surface area contributed by atoms with E-state index in [0.29, 0.717) is 6.04 Å². The minimum Gasteiger partial charge on any atom is -0.384 e. The second kappa shape index (κ2) is 7.31. The Labute approximate surface area is 115 Å². The number of ether oxygens (including phenoxy) is 1. The lowest BCUT2D eigenvalue weighted by Crippen LogP contribution is -2.42. The summed E-state index contributed by atoms with van der Waals surface area (Å²) in [5.41, 5.74) is 2.13. The third-order valence-corrected chi connectivity index (χ3v) is 3.17. The summed E-state index contributed by atoms with van der Waals surface area (Å²) in [4.78, 5) is 6.68. The van der Waals surface area contributed by atoms with Crippen molar-refractivity contribution in [2.75, 3.05) is 50.0 Å². The van der Waals surface area contributed by atoms with Crippen molar-refractivity contribution < 1.29 is 4.74 Å². The van der Waals surface area contributed by atoms with Crippen LogP contribution in [0.15, 0.2) is 18.5 Å². The van der Waals surface area contributed by atoms with Crippen LogP contribution in [-0.2, 0) is 4.74 Å². The molecule has 5 heteroatoms. The Balaban J connectivity index is 1.83. The molecule has 1 aromatic rings. The molecule has 0 radical (unpaired) electrons. The third kappa shape index (κ3) is 4.69. The molecule has 2 rings (SSSR count). The van der Waals surface area contributed by atoms with Crippen molar-refractivity contribution in [2.24, 2.45) is 0 Å². The first-order valence-electron chi connectivity index (χ1n) is 7.03. The minimum absolute atomic E-state index is 0.400. The van der Waals surface area contributed by atoms with Gasteiger partial charge < -0.3 is 15.4 Å². The van der Waals surface area contributed by atoms with Crippen molar-refractivity contribution in [1.29, 1.82) is 0 Å². The minimum atomic E-state index is 0.400. The molecule has 1 unspecified atom stereocenters. The van der Waals surface area contributed by atoms with E-state index < -0.39 is 0 Å². The molecule has 1 saturated heterocycles. The maximum absolute atomic E-state index is 5.36. The molecule has 106 valence electrons. The molecule has 0 aliphatic carbocycles. The van der Waals surface area contributed by atoms with Gasteiger partial charge >= 0.3 is 0 Å². The molecule has 5 nitrogen and oxygen atoms in total. The number of hydrogen-bond acceptors (Lipinski definition) is 5. The van der Waals surface area contributed by atoms with Crippen LogP contribution in [0.4, 0.5) is 11.4 Å². The van der Waals surface area contributed by atoms with Gasteiger partial charge in [0.2, 0.25) is 0 Å². The van der Waals surface area contributed by atoms with Crippen LogP contribution in [-0.4, -0.2) is 55.3 Å². The third-order valence-electron chi connectivity index (χ3n) is 3.17. The van der Waals surface area contributed by atoms with Gasteiger partial charge in [0, 0.05) is 32.2 Å². The van der Waals surface area contributed by atoms with Crippen molar-refractivity contribution in [2.45, 2.75) is 19.9 Å². The van der Waals surface area contributed by atoms with Gasteiger partial charge in [0.1, 0.15) is 0 Å². The van der Waals surface area contributed by atoms with E-state index in [4.69, 9.17) is 4.74 Å². The molecular weight excluding hydrogens is 240 g/mol.